The molecule has 5 rings (SSSR count). The highest BCUT2D eigenvalue weighted by atomic mass is 16.5. The second-order valence-electron chi connectivity index (χ2n) is 7.30. The first-order valence-electron chi connectivity index (χ1n) is 9.77. The number of hydrogen-bond acceptors (Lipinski definition) is 7. The number of imidazole rings is 1. The van der Waals surface area contributed by atoms with Crippen LogP contribution in [0.1, 0.15) is 25.7 Å². The Hall–Kier alpha value is -3.20. The summed E-state index contributed by atoms with van der Waals surface area (Å²) in [7, 11) is 3.41. The predicted molar refractivity (Wildman–Crippen MR) is 108 cm³/mol. The van der Waals surface area contributed by atoms with Crippen molar-refractivity contribution in [2.75, 3.05) is 19.5 Å². The van der Waals surface area contributed by atoms with E-state index in [1.54, 1.807) is 26.6 Å². The predicted octanol–water partition coefficient (Wildman–Crippen LogP) is 2.82. The molecule has 1 aliphatic rings. The van der Waals surface area contributed by atoms with Crippen LogP contribution in [-0.4, -0.2) is 55.3 Å². The average molecular weight is 393 g/mol. The van der Waals surface area contributed by atoms with Gasteiger partial charge in [-0.1, -0.05) is 0 Å². The largest absolute Gasteiger partial charge is 0.479 e. The molecule has 0 aliphatic heterocycles. The minimum atomic E-state index is 0.339. The summed E-state index contributed by atoms with van der Waals surface area (Å²) >= 11 is 0. The number of fused-ring (bicyclic) bond motifs is 2. The van der Waals surface area contributed by atoms with Gasteiger partial charge in [-0.05, 0) is 31.7 Å². The van der Waals surface area contributed by atoms with Crippen LogP contribution in [0.4, 0.5) is 5.95 Å². The topological polar surface area (TPSA) is 90.9 Å². The van der Waals surface area contributed by atoms with Crippen LogP contribution in [0, 0.1) is 0 Å². The molecule has 1 N–H and O–H groups in total. The molecule has 0 atom stereocenters. The van der Waals surface area contributed by atoms with E-state index in [4.69, 9.17) is 9.47 Å². The van der Waals surface area contributed by atoms with Gasteiger partial charge in [0.2, 0.25) is 17.6 Å². The van der Waals surface area contributed by atoms with Crippen molar-refractivity contribution in [3.8, 4) is 17.0 Å². The molecular formula is C20H23N7O2. The van der Waals surface area contributed by atoms with E-state index in [0.717, 1.165) is 42.3 Å². The van der Waals surface area contributed by atoms with E-state index < -0.39 is 0 Å². The van der Waals surface area contributed by atoms with Crippen LogP contribution in [0.5, 0.6) is 5.88 Å². The summed E-state index contributed by atoms with van der Waals surface area (Å²) in [5.74, 6) is 1.76. The van der Waals surface area contributed by atoms with Crippen LogP contribution in [0.3, 0.4) is 0 Å². The summed E-state index contributed by atoms with van der Waals surface area (Å²) in [6, 6.07) is 2.34. The van der Waals surface area contributed by atoms with Crippen LogP contribution in [-0.2, 0) is 4.74 Å². The number of hydrogen-bond donors (Lipinski definition) is 1. The second-order valence-corrected chi connectivity index (χ2v) is 7.30. The Morgan fingerprint density at radius 2 is 1.97 bits per heavy atom. The van der Waals surface area contributed by atoms with Crippen LogP contribution < -0.4 is 10.1 Å². The Bertz CT molecular complexity index is 1140. The van der Waals surface area contributed by atoms with Crippen molar-refractivity contribution < 1.29 is 9.47 Å². The van der Waals surface area contributed by atoms with Gasteiger partial charge in [0.05, 0.1) is 13.2 Å². The van der Waals surface area contributed by atoms with E-state index in [1.807, 2.05) is 33.6 Å². The zero-order valence-electron chi connectivity index (χ0n) is 16.4. The number of aromatic nitrogens is 6. The fourth-order valence-corrected chi connectivity index (χ4v) is 4.01. The minimum absolute atomic E-state index is 0.339. The normalized spacial score (nSPS) is 19.7. The summed E-state index contributed by atoms with van der Waals surface area (Å²) in [5, 5.41) is 8.12. The van der Waals surface area contributed by atoms with E-state index in [0.29, 0.717) is 29.8 Å². The number of nitrogens with zero attached hydrogens (tertiary/aromatic N) is 6. The van der Waals surface area contributed by atoms with Gasteiger partial charge in [0.15, 0.2) is 0 Å². The monoisotopic (exact) mass is 393 g/mol. The van der Waals surface area contributed by atoms with E-state index in [2.05, 4.69) is 25.4 Å². The average Bonchev–Trinajstić information content (AvgIpc) is 3.40. The van der Waals surface area contributed by atoms with Crippen molar-refractivity contribution in [3.05, 3.63) is 37.1 Å². The van der Waals surface area contributed by atoms with Crippen molar-refractivity contribution in [1.82, 2.24) is 29.0 Å². The highest BCUT2D eigenvalue weighted by Gasteiger charge is 2.22. The fourth-order valence-electron chi connectivity index (χ4n) is 4.01. The van der Waals surface area contributed by atoms with Crippen LogP contribution >= 0.6 is 0 Å². The third-order valence-electron chi connectivity index (χ3n) is 5.57. The number of ether oxygens (including phenoxy) is 2. The number of rotatable bonds is 5. The van der Waals surface area contributed by atoms with Gasteiger partial charge in [-0.3, -0.25) is 4.40 Å². The third kappa shape index (κ3) is 3.27. The first kappa shape index (κ1) is 17.9. The summed E-state index contributed by atoms with van der Waals surface area (Å²) in [6.07, 6.45) is 13.8. The van der Waals surface area contributed by atoms with Crippen LogP contribution in [0.25, 0.3) is 22.4 Å². The van der Waals surface area contributed by atoms with Gasteiger partial charge >= 0.3 is 0 Å². The van der Waals surface area contributed by atoms with Gasteiger partial charge in [-0.25, -0.2) is 14.5 Å². The molecule has 0 saturated heterocycles. The highest BCUT2D eigenvalue weighted by molar-refractivity contribution is 5.84. The summed E-state index contributed by atoms with van der Waals surface area (Å²) in [5.41, 5.74) is 2.71. The molecule has 1 aliphatic carbocycles. The molecule has 0 radical (unpaired) electrons. The van der Waals surface area contributed by atoms with E-state index in [9.17, 15) is 0 Å². The Morgan fingerprint density at radius 3 is 2.76 bits per heavy atom. The number of nitrogens with one attached hydrogen (secondary N) is 1. The smallest absolute Gasteiger partial charge is 0.244 e. The molecule has 4 aromatic heterocycles. The molecule has 9 nitrogen and oxygen atoms in total. The fraction of sp³-hybridized carbons (Fsp3) is 0.400. The summed E-state index contributed by atoms with van der Waals surface area (Å²) in [6.45, 7) is 0. The lowest BCUT2D eigenvalue weighted by atomic mass is 9.93. The lowest BCUT2D eigenvalue weighted by Crippen LogP contribution is -2.30. The maximum atomic E-state index is 5.61. The zero-order chi connectivity index (χ0) is 19.8. The lowest BCUT2D eigenvalue weighted by Gasteiger charge is -2.28. The van der Waals surface area contributed by atoms with Gasteiger partial charge in [-0.15, -0.1) is 5.10 Å². The van der Waals surface area contributed by atoms with E-state index in [-0.39, 0.29) is 0 Å². The first-order valence-corrected chi connectivity index (χ1v) is 9.77. The zero-order valence-corrected chi connectivity index (χ0v) is 16.4. The summed E-state index contributed by atoms with van der Waals surface area (Å²) < 4.78 is 14.8. The molecular weight excluding hydrogens is 370 g/mol. The van der Waals surface area contributed by atoms with Crippen molar-refractivity contribution >= 4 is 17.2 Å². The standard InChI is InChI=1S/C20H23N7O2/c1-28-15-5-3-14(4-6-15)23-19-24-18(29-2)17-16(7-9-27(17)25-19)13-11-22-20-21-8-10-26(20)12-13/h7-12,14-15H,3-6H2,1-2H3,(H,23,25)/t14-,15-. The number of anilines is 1. The SMILES string of the molecule is COc1nc(N[C@H]2CC[C@H](OC)CC2)nn2ccc(-c3cnc4nccn4c3)c12. The van der Waals surface area contributed by atoms with Gasteiger partial charge in [0.25, 0.3) is 0 Å². The second kappa shape index (κ2) is 7.32. The Labute approximate surface area is 167 Å². The molecule has 4 heterocycles. The summed E-state index contributed by atoms with van der Waals surface area (Å²) in [4.78, 5) is 13.2. The molecule has 1 fully saturated rings. The van der Waals surface area contributed by atoms with E-state index >= 15 is 0 Å². The molecule has 0 bridgehead atoms. The Morgan fingerprint density at radius 1 is 1.10 bits per heavy atom. The molecule has 4 aromatic rings. The molecule has 29 heavy (non-hydrogen) atoms. The van der Waals surface area contributed by atoms with Crippen molar-refractivity contribution in [3.63, 3.8) is 0 Å². The van der Waals surface area contributed by atoms with Crippen molar-refractivity contribution in [2.24, 2.45) is 0 Å². The molecule has 0 amide bonds. The van der Waals surface area contributed by atoms with E-state index in [1.165, 1.54) is 0 Å². The molecule has 0 aromatic carbocycles. The molecule has 0 unspecified atom stereocenters. The Balaban J connectivity index is 1.47. The number of methoxy groups -OCH3 is 2. The van der Waals surface area contributed by atoms with Crippen LogP contribution in [0.2, 0.25) is 0 Å². The van der Waals surface area contributed by atoms with Crippen LogP contribution in [0.15, 0.2) is 37.1 Å². The van der Waals surface area contributed by atoms with Crippen molar-refractivity contribution in [2.45, 2.75) is 37.8 Å². The minimum Gasteiger partial charge on any atom is -0.479 e. The Kier molecular flexibility index (Phi) is 4.51. The van der Waals surface area contributed by atoms with Gasteiger partial charge in [0, 0.05) is 55.3 Å². The lowest BCUT2D eigenvalue weighted by molar-refractivity contribution is 0.0681. The molecule has 0 spiro atoms. The quantitative estimate of drug-likeness (QED) is 0.557. The third-order valence-corrected chi connectivity index (χ3v) is 5.57. The molecule has 1 saturated carbocycles. The van der Waals surface area contributed by atoms with Gasteiger partial charge < -0.3 is 14.8 Å². The first-order chi connectivity index (χ1) is 14.2. The molecule has 150 valence electrons. The highest BCUT2D eigenvalue weighted by Crippen LogP contribution is 2.31. The van der Waals surface area contributed by atoms with Crippen molar-refractivity contribution in [1.29, 1.82) is 0 Å². The maximum Gasteiger partial charge on any atom is 0.244 e. The van der Waals surface area contributed by atoms with Gasteiger partial charge in [0.1, 0.15) is 5.52 Å². The molecule has 9 heteroatoms. The van der Waals surface area contributed by atoms with Gasteiger partial charge in [-0.2, -0.15) is 4.98 Å². The maximum absolute atomic E-state index is 5.61.